The summed E-state index contributed by atoms with van der Waals surface area (Å²) in [7, 11) is 0. The van der Waals surface area contributed by atoms with Crippen molar-refractivity contribution in [1.29, 1.82) is 0 Å². The van der Waals surface area contributed by atoms with Gasteiger partial charge in [0.15, 0.2) is 5.82 Å². The first-order valence-electron chi connectivity index (χ1n) is 6.32. The Hall–Kier alpha value is -0.900. The predicted molar refractivity (Wildman–Crippen MR) is 62.0 cm³/mol. The van der Waals surface area contributed by atoms with Crippen LogP contribution in [0.1, 0.15) is 70.0 Å². The molecular formula is C12H21N3O. The van der Waals surface area contributed by atoms with E-state index in [4.69, 9.17) is 10.3 Å². The highest BCUT2D eigenvalue weighted by Gasteiger charge is 2.34. The standard InChI is InChI=1S/C12H21N3O/c1-3-5-8-12(13,4-2)11-14-10(16-15-11)9-6-7-9/h9H,3-8,13H2,1-2H3. The van der Waals surface area contributed by atoms with Crippen LogP contribution in [0.25, 0.3) is 0 Å². The Morgan fingerprint density at radius 1 is 1.44 bits per heavy atom. The van der Waals surface area contributed by atoms with Gasteiger partial charge in [-0.3, -0.25) is 0 Å². The molecule has 4 nitrogen and oxygen atoms in total. The second-order valence-corrected chi connectivity index (χ2v) is 4.84. The minimum atomic E-state index is -0.396. The van der Waals surface area contributed by atoms with Crippen molar-refractivity contribution in [3.63, 3.8) is 0 Å². The molecule has 0 aliphatic heterocycles. The van der Waals surface area contributed by atoms with Crippen LogP contribution in [0, 0.1) is 0 Å². The highest BCUT2D eigenvalue weighted by Crippen LogP contribution is 2.39. The Morgan fingerprint density at radius 2 is 2.19 bits per heavy atom. The first kappa shape index (κ1) is 11.6. The summed E-state index contributed by atoms with van der Waals surface area (Å²) in [6, 6.07) is 0. The molecule has 0 spiro atoms. The van der Waals surface area contributed by atoms with Crippen molar-refractivity contribution in [1.82, 2.24) is 10.1 Å². The van der Waals surface area contributed by atoms with Gasteiger partial charge in [0.2, 0.25) is 5.89 Å². The molecule has 1 fully saturated rings. The topological polar surface area (TPSA) is 64.9 Å². The second kappa shape index (κ2) is 4.53. The molecule has 16 heavy (non-hydrogen) atoms. The van der Waals surface area contributed by atoms with Crippen LogP contribution in [0.5, 0.6) is 0 Å². The lowest BCUT2D eigenvalue weighted by Gasteiger charge is -2.23. The molecule has 0 bridgehead atoms. The van der Waals surface area contributed by atoms with Crippen LogP contribution in [0.4, 0.5) is 0 Å². The summed E-state index contributed by atoms with van der Waals surface area (Å²) < 4.78 is 5.28. The minimum Gasteiger partial charge on any atom is -0.339 e. The highest BCUT2D eigenvalue weighted by atomic mass is 16.5. The van der Waals surface area contributed by atoms with Gasteiger partial charge in [0.25, 0.3) is 0 Å². The van der Waals surface area contributed by atoms with E-state index >= 15 is 0 Å². The number of nitrogens with two attached hydrogens (primary N) is 1. The fraction of sp³-hybridized carbons (Fsp3) is 0.833. The Bertz CT molecular complexity index is 346. The summed E-state index contributed by atoms with van der Waals surface area (Å²) >= 11 is 0. The molecule has 0 saturated heterocycles. The van der Waals surface area contributed by atoms with Gasteiger partial charge in [0.1, 0.15) is 0 Å². The first-order chi connectivity index (χ1) is 7.69. The predicted octanol–water partition coefficient (Wildman–Crippen LogP) is 2.70. The van der Waals surface area contributed by atoms with Crippen molar-refractivity contribution in [3.8, 4) is 0 Å². The van der Waals surface area contributed by atoms with Crippen LogP contribution in [-0.2, 0) is 5.54 Å². The SMILES string of the molecule is CCCCC(N)(CC)c1noc(C2CC2)n1. The van der Waals surface area contributed by atoms with Crippen LogP contribution >= 0.6 is 0 Å². The number of rotatable bonds is 6. The molecule has 0 radical (unpaired) electrons. The average molecular weight is 223 g/mol. The molecule has 0 amide bonds. The number of hydrogen-bond acceptors (Lipinski definition) is 4. The van der Waals surface area contributed by atoms with Gasteiger partial charge < -0.3 is 10.3 Å². The van der Waals surface area contributed by atoms with E-state index in [0.29, 0.717) is 11.7 Å². The third kappa shape index (κ3) is 2.26. The van der Waals surface area contributed by atoms with Crippen LogP contribution in [-0.4, -0.2) is 10.1 Å². The minimum absolute atomic E-state index is 0.396. The molecule has 1 aliphatic carbocycles. The molecule has 0 aromatic carbocycles. The van der Waals surface area contributed by atoms with Crippen molar-refractivity contribution >= 4 is 0 Å². The molecular weight excluding hydrogens is 202 g/mol. The van der Waals surface area contributed by atoms with Crippen molar-refractivity contribution < 1.29 is 4.52 Å². The fourth-order valence-electron chi connectivity index (χ4n) is 1.87. The van der Waals surface area contributed by atoms with Crippen molar-refractivity contribution in [2.24, 2.45) is 5.73 Å². The van der Waals surface area contributed by atoms with E-state index < -0.39 is 5.54 Å². The summed E-state index contributed by atoms with van der Waals surface area (Å²) in [6.07, 6.45) is 6.41. The maximum Gasteiger partial charge on any atom is 0.229 e. The Balaban J connectivity index is 2.11. The lowest BCUT2D eigenvalue weighted by atomic mass is 9.90. The number of aromatic nitrogens is 2. The lowest BCUT2D eigenvalue weighted by molar-refractivity contribution is 0.323. The third-order valence-electron chi connectivity index (χ3n) is 3.42. The Labute approximate surface area is 96.6 Å². The summed E-state index contributed by atoms with van der Waals surface area (Å²) in [5.41, 5.74) is 5.96. The molecule has 4 heteroatoms. The second-order valence-electron chi connectivity index (χ2n) is 4.84. The normalized spacial score (nSPS) is 19.7. The number of nitrogens with zero attached hydrogens (tertiary/aromatic N) is 2. The number of hydrogen-bond donors (Lipinski definition) is 1. The smallest absolute Gasteiger partial charge is 0.229 e. The van der Waals surface area contributed by atoms with Crippen LogP contribution < -0.4 is 5.73 Å². The van der Waals surface area contributed by atoms with Gasteiger partial charge in [-0.25, -0.2) is 0 Å². The van der Waals surface area contributed by atoms with Crippen LogP contribution in [0.2, 0.25) is 0 Å². The molecule has 2 N–H and O–H groups in total. The van der Waals surface area contributed by atoms with E-state index in [0.717, 1.165) is 31.6 Å². The fourth-order valence-corrected chi connectivity index (χ4v) is 1.87. The maximum absolute atomic E-state index is 6.35. The van der Waals surface area contributed by atoms with Crippen LogP contribution in [0.15, 0.2) is 4.52 Å². The molecule has 1 unspecified atom stereocenters. The summed E-state index contributed by atoms with van der Waals surface area (Å²) in [4.78, 5) is 4.47. The van der Waals surface area contributed by atoms with E-state index in [2.05, 4.69) is 24.0 Å². The van der Waals surface area contributed by atoms with E-state index in [1.807, 2.05) is 0 Å². The monoisotopic (exact) mass is 223 g/mol. The molecule has 2 rings (SSSR count). The van der Waals surface area contributed by atoms with E-state index in [-0.39, 0.29) is 0 Å². The van der Waals surface area contributed by atoms with Crippen molar-refractivity contribution in [2.45, 2.75) is 63.8 Å². The van der Waals surface area contributed by atoms with E-state index in [1.54, 1.807) is 0 Å². The summed E-state index contributed by atoms with van der Waals surface area (Å²) in [5.74, 6) is 1.99. The molecule has 1 aromatic heterocycles. The highest BCUT2D eigenvalue weighted by molar-refractivity contribution is 5.08. The molecule has 90 valence electrons. The van der Waals surface area contributed by atoms with Gasteiger partial charge in [-0.1, -0.05) is 31.8 Å². The zero-order chi connectivity index (χ0) is 11.6. The van der Waals surface area contributed by atoms with Gasteiger partial charge in [-0.2, -0.15) is 4.98 Å². The zero-order valence-electron chi connectivity index (χ0n) is 10.2. The van der Waals surface area contributed by atoms with E-state index in [1.165, 1.54) is 12.8 Å². The third-order valence-corrected chi connectivity index (χ3v) is 3.42. The van der Waals surface area contributed by atoms with Gasteiger partial charge >= 0.3 is 0 Å². The largest absolute Gasteiger partial charge is 0.339 e. The number of unbranched alkanes of at least 4 members (excludes halogenated alkanes) is 1. The average Bonchev–Trinajstić information content (AvgIpc) is 3.04. The zero-order valence-corrected chi connectivity index (χ0v) is 10.2. The molecule has 1 aliphatic rings. The van der Waals surface area contributed by atoms with Crippen LogP contribution in [0.3, 0.4) is 0 Å². The summed E-state index contributed by atoms with van der Waals surface area (Å²) in [6.45, 7) is 4.25. The Morgan fingerprint density at radius 3 is 2.75 bits per heavy atom. The lowest BCUT2D eigenvalue weighted by Crippen LogP contribution is -2.37. The maximum atomic E-state index is 6.35. The quantitative estimate of drug-likeness (QED) is 0.805. The van der Waals surface area contributed by atoms with Gasteiger partial charge in [0.05, 0.1) is 5.54 Å². The van der Waals surface area contributed by atoms with Gasteiger partial charge in [0, 0.05) is 5.92 Å². The van der Waals surface area contributed by atoms with Gasteiger partial charge in [-0.05, 0) is 25.7 Å². The van der Waals surface area contributed by atoms with Gasteiger partial charge in [-0.15, -0.1) is 0 Å². The first-order valence-corrected chi connectivity index (χ1v) is 6.32. The molecule has 1 aromatic rings. The molecule has 1 saturated carbocycles. The Kier molecular flexibility index (Phi) is 3.28. The van der Waals surface area contributed by atoms with Crippen molar-refractivity contribution in [2.75, 3.05) is 0 Å². The molecule has 1 atom stereocenters. The van der Waals surface area contributed by atoms with E-state index in [9.17, 15) is 0 Å². The summed E-state index contributed by atoms with van der Waals surface area (Å²) in [5, 5.41) is 4.06. The molecule has 1 heterocycles. The van der Waals surface area contributed by atoms with Crippen molar-refractivity contribution in [3.05, 3.63) is 11.7 Å².